The molecule has 438 valence electrons. The summed E-state index contributed by atoms with van der Waals surface area (Å²) in [5, 5.41) is 72.3. The molecule has 15 heteroatoms. The average molecular weight is 1080 g/mol. The zero-order valence-corrected chi connectivity index (χ0v) is 46.7. The van der Waals surface area contributed by atoms with Crippen LogP contribution in [0.1, 0.15) is 206 Å². The van der Waals surface area contributed by atoms with Gasteiger partial charge in [0.1, 0.15) is 55.4 Å². The Labute approximate surface area is 457 Å². The van der Waals surface area contributed by atoms with E-state index >= 15 is 0 Å². The van der Waals surface area contributed by atoms with Gasteiger partial charge in [0, 0.05) is 12.8 Å². The van der Waals surface area contributed by atoms with Gasteiger partial charge >= 0.3 is 11.9 Å². The Bertz CT molecular complexity index is 1590. The number of allylic oxidation sites excluding steroid dienone is 12. The van der Waals surface area contributed by atoms with Crippen LogP contribution in [0.25, 0.3) is 0 Å². The van der Waals surface area contributed by atoms with E-state index in [9.17, 15) is 45.3 Å². The highest BCUT2D eigenvalue weighted by Crippen LogP contribution is 2.26. The van der Waals surface area contributed by atoms with Crippen LogP contribution in [0.15, 0.2) is 72.9 Å². The van der Waals surface area contributed by atoms with Crippen LogP contribution in [0.4, 0.5) is 0 Å². The first-order chi connectivity index (χ1) is 37.0. The van der Waals surface area contributed by atoms with Crippen molar-refractivity contribution in [3.05, 3.63) is 72.9 Å². The number of aliphatic hydroxyl groups excluding tert-OH is 7. The summed E-state index contributed by atoms with van der Waals surface area (Å²) in [5.41, 5.74) is 0. The zero-order valence-electron chi connectivity index (χ0n) is 46.7. The Morgan fingerprint density at radius 1 is 0.421 bits per heavy atom. The number of ether oxygens (including phenoxy) is 6. The highest BCUT2D eigenvalue weighted by molar-refractivity contribution is 5.70. The second kappa shape index (κ2) is 46.8. The van der Waals surface area contributed by atoms with E-state index in [1.54, 1.807) is 0 Å². The number of esters is 2. The van der Waals surface area contributed by atoms with Gasteiger partial charge in [-0.3, -0.25) is 9.59 Å². The largest absolute Gasteiger partial charge is 0.462 e. The third-order valence-electron chi connectivity index (χ3n) is 13.6. The van der Waals surface area contributed by atoms with Gasteiger partial charge in [0.2, 0.25) is 0 Å². The number of unbranched alkanes of at least 4 members (excludes halogenated alkanes) is 20. The van der Waals surface area contributed by atoms with Crippen molar-refractivity contribution in [3.8, 4) is 0 Å². The lowest BCUT2D eigenvalue weighted by Gasteiger charge is -2.42. The molecule has 2 aliphatic rings. The summed E-state index contributed by atoms with van der Waals surface area (Å²) < 4.78 is 33.6. The van der Waals surface area contributed by atoms with Gasteiger partial charge in [-0.05, 0) is 83.5 Å². The number of hydrogen-bond acceptors (Lipinski definition) is 15. The average Bonchev–Trinajstić information content (AvgIpc) is 3.41. The molecule has 0 amide bonds. The van der Waals surface area contributed by atoms with Gasteiger partial charge in [-0.25, -0.2) is 0 Å². The molecule has 0 aromatic heterocycles. The SMILES string of the molecule is CCCCC/C=C/C/C=C/C/C=C/C/C=C/CCCC(=O)O[C@@H](COC(=O)CCC/C=C/CC/C=C/CCCCCCCCCCCCCCCC)CO[C@@H]1O[C@H](CO[C@@H]2O[C@H](CO)[C@H](O)C(O)C2O)[C@H](O)C(O)C1O. The summed E-state index contributed by atoms with van der Waals surface area (Å²) in [6, 6.07) is 0. The Morgan fingerprint density at radius 3 is 1.32 bits per heavy atom. The van der Waals surface area contributed by atoms with Crippen LogP contribution in [0, 0.1) is 0 Å². The first-order valence-corrected chi connectivity index (χ1v) is 29.5. The lowest BCUT2D eigenvalue weighted by molar-refractivity contribution is -0.332. The quantitative estimate of drug-likeness (QED) is 0.0171. The molecular weight excluding hydrogens is 973 g/mol. The Morgan fingerprint density at radius 2 is 0.803 bits per heavy atom. The summed E-state index contributed by atoms with van der Waals surface area (Å²) in [6.45, 7) is 2.48. The predicted octanol–water partition coefficient (Wildman–Crippen LogP) is 10.2. The van der Waals surface area contributed by atoms with Crippen molar-refractivity contribution in [3.63, 3.8) is 0 Å². The molecule has 15 nitrogen and oxygen atoms in total. The zero-order chi connectivity index (χ0) is 55.3. The van der Waals surface area contributed by atoms with Crippen molar-refractivity contribution in [2.45, 2.75) is 274 Å². The summed E-state index contributed by atoms with van der Waals surface area (Å²) in [5.74, 6) is -1.04. The van der Waals surface area contributed by atoms with Crippen LogP contribution >= 0.6 is 0 Å². The van der Waals surface area contributed by atoms with Crippen molar-refractivity contribution in [1.29, 1.82) is 0 Å². The molecule has 2 rings (SSSR count). The number of carbonyl (C=O) groups excluding carboxylic acids is 2. The topological polar surface area (TPSA) is 231 Å². The minimum absolute atomic E-state index is 0.0783. The molecule has 2 fully saturated rings. The molecular formula is C61H104O15. The van der Waals surface area contributed by atoms with Crippen molar-refractivity contribution in [1.82, 2.24) is 0 Å². The van der Waals surface area contributed by atoms with E-state index in [4.69, 9.17) is 28.4 Å². The van der Waals surface area contributed by atoms with Crippen molar-refractivity contribution < 1.29 is 73.8 Å². The fourth-order valence-corrected chi connectivity index (χ4v) is 8.82. The minimum atomic E-state index is -1.78. The highest BCUT2D eigenvalue weighted by atomic mass is 16.7. The van der Waals surface area contributed by atoms with E-state index in [1.807, 2.05) is 12.2 Å². The van der Waals surface area contributed by atoms with Crippen molar-refractivity contribution >= 4 is 11.9 Å². The Kier molecular flexibility index (Phi) is 42.5. The lowest BCUT2D eigenvalue weighted by atomic mass is 9.98. The van der Waals surface area contributed by atoms with E-state index in [2.05, 4.69) is 74.6 Å². The number of carbonyl (C=O) groups is 2. The third kappa shape index (κ3) is 33.4. The molecule has 11 atom stereocenters. The van der Waals surface area contributed by atoms with Crippen LogP contribution in [0.5, 0.6) is 0 Å². The van der Waals surface area contributed by atoms with E-state index in [-0.39, 0.29) is 19.4 Å². The molecule has 0 radical (unpaired) electrons. The number of hydrogen-bond donors (Lipinski definition) is 7. The van der Waals surface area contributed by atoms with E-state index in [0.717, 1.165) is 44.9 Å². The normalized spacial score (nSPS) is 24.9. The van der Waals surface area contributed by atoms with Crippen LogP contribution in [0.2, 0.25) is 0 Å². The van der Waals surface area contributed by atoms with Gasteiger partial charge in [-0.1, -0.05) is 183 Å². The molecule has 0 bridgehead atoms. The lowest BCUT2D eigenvalue weighted by Crippen LogP contribution is -2.61. The van der Waals surface area contributed by atoms with Gasteiger partial charge in [0.15, 0.2) is 18.7 Å². The van der Waals surface area contributed by atoms with Crippen molar-refractivity contribution in [2.24, 2.45) is 0 Å². The van der Waals surface area contributed by atoms with Crippen LogP contribution in [0.3, 0.4) is 0 Å². The molecule has 2 saturated heterocycles. The van der Waals surface area contributed by atoms with Gasteiger partial charge in [0.05, 0.1) is 19.8 Å². The van der Waals surface area contributed by atoms with Crippen molar-refractivity contribution in [2.75, 3.05) is 26.4 Å². The first-order valence-electron chi connectivity index (χ1n) is 29.5. The standard InChI is InChI=1S/C61H104O15/c1-3-5-7-9-11-13-15-17-19-21-22-23-24-25-26-28-29-31-33-35-37-39-41-43-52(63)71-46-49(74-53(64)44-42-40-38-36-34-32-30-27-20-18-16-14-12-10-8-6-4-2)47-72-60-59(70)57(68)55(66)51(76-60)48-73-61-58(69)56(67)54(65)50(45-62)75-61/h12,14,18,20,28-30,32,35-38,49-51,54-62,65-70H,3-11,13,15-17,19,21-27,31,33-34,39-48H2,1-2H3/b14-12+,20-18+,29-28+,32-30+,37-35+,38-36+/t49-,50+,51+,54-,55-,56?,57?,58?,59?,60+,61+/m0/s1. The maximum atomic E-state index is 13.0. The highest BCUT2D eigenvalue weighted by Gasteiger charge is 2.47. The summed E-state index contributed by atoms with van der Waals surface area (Å²) in [4.78, 5) is 25.8. The molecule has 76 heavy (non-hydrogen) atoms. The maximum absolute atomic E-state index is 13.0. The van der Waals surface area contributed by atoms with Gasteiger partial charge in [-0.15, -0.1) is 0 Å². The molecule has 0 aromatic rings. The molecule has 2 heterocycles. The van der Waals surface area contributed by atoms with Gasteiger partial charge in [0.25, 0.3) is 0 Å². The van der Waals surface area contributed by atoms with E-state index in [1.165, 1.54) is 109 Å². The summed E-state index contributed by atoms with van der Waals surface area (Å²) in [7, 11) is 0. The minimum Gasteiger partial charge on any atom is -0.462 e. The molecule has 4 unspecified atom stereocenters. The number of rotatable bonds is 46. The van der Waals surface area contributed by atoms with E-state index < -0.39 is 99.3 Å². The Hall–Kier alpha value is -3.06. The molecule has 0 aromatic carbocycles. The summed E-state index contributed by atoms with van der Waals surface area (Å²) in [6.07, 6.45) is 40.9. The second-order valence-corrected chi connectivity index (χ2v) is 20.5. The van der Waals surface area contributed by atoms with Gasteiger partial charge < -0.3 is 64.2 Å². The smallest absolute Gasteiger partial charge is 0.306 e. The van der Waals surface area contributed by atoms with E-state index in [0.29, 0.717) is 25.7 Å². The fraction of sp³-hybridized carbons (Fsp3) is 0.770. The first kappa shape index (κ1) is 69.0. The molecule has 7 N–H and O–H groups in total. The molecule has 0 spiro atoms. The third-order valence-corrected chi connectivity index (χ3v) is 13.6. The maximum Gasteiger partial charge on any atom is 0.306 e. The second-order valence-electron chi connectivity index (χ2n) is 20.5. The predicted molar refractivity (Wildman–Crippen MR) is 298 cm³/mol. The Balaban J connectivity index is 1.78. The number of aliphatic hydroxyl groups is 7. The fourth-order valence-electron chi connectivity index (χ4n) is 8.82. The molecule has 0 saturated carbocycles. The van der Waals surface area contributed by atoms with Crippen LogP contribution in [-0.4, -0.2) is 142 Å². The van der Waals surface area contributed by atoms with Crippen LogP contribution < -0.4 is 0 Å². The summed E-state index contributed by atoms with van der Waals surface area (Å²) >= 11 is 0. The molecule has 0 aliphatic carbocycles. The van der Waals surface area contributed by atoms with Crippen LogP contribution in [-0.2, 0) is 38.0 Å². The van der Waals surface area contributed by atoms with Gasteiger partial charge in [-0.2, -0.15) is 0 Å². The monoisotopic (exact) mass is 1080 g/mol. The molecule has 2 aliphatic heterocycles.